The van der Waals surface area contributed by atoms with Gasteiger partial charge in [0.25, 0.3) is 5.91 Å². The number of aryl methyl sites for hydroxylation is 1. The molecule has 2 amide bonds. The first-order valence-corrected chi connectivity index (χ1v) is 13.9. The van der Waals surface area contributed by atoms with Crippen molar-refractivity contribution in [3.05, 3.63) is 120 Å². The molecule has 0 atom stereocenters. The molecule has 212 valence electrons. The molecule has 3 N–H and O–H groups in total. The quantitative estimate of drug-likeness (QED) is 0.180. The van der Waals surface area contributed by atoms with Gasteiger partial charge >= 0.3 is 0 Å². The van der Waals surface area contributed by atoms with Gasteiger partial charge in [0, 0.05) is 64.8 Å². The summed E-state index contributed by atoms with van der Waals surface area (Å²) in [5.41, 5.74) is 6.95. The van der Waals surface area contributed by atoms with Gasteiger partial charge in [0.15, 0.2) is 0 Å². The number of anilines is 2. The number of nitrogens with zero attached hydrogens (tertiary/aromatic N) is 3. The van der Waals surface area contributed by atoms with Crippen molar-refractivity contribution in [3.63, 3.8) is 0 Å². The van der Waals surface area contributed by atoms with Crippen molar-refractivity contribution in [1.29, 1.82) is 0 Å². The maximum absolute atomic E-state index is 12.9. The van der Waals surface area contributed by atoms with Crippen LogP contribution in [0.1, 0.15) is 34.2 Å². The summed E-state index contributed by atoms with van der Waals surface area (Å²) in [6.45, 7) is 2.79. The Bertz CT molecular complexity index is 1740. The molecule has 0 saturated heterocycles. The molecule has 3 aromatic carbocycles. The first kappa shape index (κ1) is 28.4. The fourth-order valence-corrected chi connectivity index (χ4v) is 4.69. The molecule has 0 unspecified atom stereocenters. The summed E-state index contributed by atoms with van der Waals surface area (Å²) >= 11 is 0. The molecule has 0 fully saturated rings. The lowest BCUT2D eigenvalue weighted by Gasteiger charge is -2.10. The van der Waals surface area contributed by atoms with Crippen molar-refractivity contribution in [1.82, 2.24) is 19.9 Å². The summed E-state index contributed by atoms with van der Waals surface area (Å²) in [7, 11) is 3.87. The molecule has 0 aliphatic carbocycles. The van der Waals surface area contributed by atoms with Gasteiger partial charge < -0.3 is 20.5 Å². The summed E-state index contributed by atoms with van der Waals surface area (Å²) in [6, 6.07) is 22.7. The van der Waals surface area contributed by atoms with E-state index in [9.17, 15) is 9.59 Å². The highest BCUT2D eigenvalue weighted by atomic mass is 16.2. The molecule has 0 saturated carbocycles. The van der Waals surface area contributed by atoms with Crippen LogP contribution in [-0.2, 0) is 17.6 Å². The van der Waals surface area contributed by atoms with Crippen LogP contribution in [0.4, 0.5) is 11.4 Å². The molecule has 2 heterocycles. The van der Waals surface area contributed by atoms with E-state index < -0.39 is 0 Å². The van der Waals surface area contributed by atoms with Crippen molar-refractivity contribution in [3.8, 4) is 11.3 Å². The number of likely N-dealkylation sites (N-methyl/N-ethyl adjacent to an activating group) is 1. The van der Waals surface area contributed by atoms with Gasteiger partial charge in [0.05, 0.1) is 5.69 Å². The standard InChI is InChI=1S/C34H34N6O2/c1-4-24-21-36-31(39-33(24)29-22-35-30-12-6-5-11-28(29)30)20-23-9-7-10-27(19-23)38-34(42)25-14-16-26(17-15-25)37-32(41)13-8-18-40(2)3/h5-17,19,21-22,35H,4,18,20H2,1-3H3,(H,37,41)(H,38,42)/b13-8+. The molecule has 0 aliphatic heterocycles. The van der Waals surface area contributed by atoms with E-state index in [4.69, 9.17) is 4.98 Å². The number of carbonyl (C=O) groups is 2. The van der Waals surface area contributed by atoms with Crippen LogP contribution in [0.2, 0.25) is 0 Å². The Morgan fingerprint density at radius 2 is 1.76 bits per heavy atom. The number of hydrogen-bond donors (Lipinski definition) is 3. The average molecular weight is 559 g/mol. The molecule has 5 aromatic rings. The summed E-state index contributed by atoms with van der Waals surface area (Å²) in [4.78, 5) is 39.9. The van der Waals surface area contributed by atoms with Gasteiger partial charge in [-0.1, -0.05) is 43.3 Å². The maximum Gasteiger partial charge on any atom is 0.255 e. The number of aromatic amines is 1. The molecule has 0 aliphatic rings. The maximum atomic E-state index is 12.9. The number of fused-ring (bicyclic) bond motifs is 1. The van der Waals surface area contributed by atoms with Crippen molar-refractivity contribution in [2.75, 3.05) is 31.3 Å². The minimum absolute atomic E-state index is 0.215. The van der Waals surface area contributed by atoms with Crippen LogP contribution >= 0.6 is 0 Å². The summed E-state index contributed by atoms with van der Waals surface area (Å²) in [5.74, 6) is 0.263. The zero-order valence-corrected chi connectivity index (χ0v) is 24.0. The zero-order valence-electron chi connectivity index (χ0n) is 24.0. The lowest BCUT2D eigenvalue weighted by atomic mass is 10.0. The normalized spacial score (nSPS) is 11.3. The van der Waals surface area contributed by atoms with E-state index in [1.807, 2.05) is 67.8 Å². The smallest absolute Gasteiger partial charge is 0.255 e. The highest BCUT2D eigenvalue weighted by Gasteiger charge is 2.14. The molecular weight excluding hydrogens is 524 g/mol. The number of carbonyl (C=O) groups excluding carboxylic acids is 2. The van der Waals surface area contributed by atoms with E-state index in [-0.39, 0.29) is 11.8 Å². The predicted molar refractivity (Wildman–Crippen MR) is 169 cm³/mol. The number of benzene rings is 3. The van der Waals surface area contributed by atoms with Crippen molar-refractivity contribution >= 4 is 34.1 Å². The first-order chi connectivity index (χ1) is 20.4. The second-order valence-electron chi connectivity index (χ2n) is 10.3. The third-order valence-electron chi connectivity index (χ3n) is 6.84. The topological polar surface area (TPSA) is 103 Å². The molecule has 2 aromatic heterocycles. The molecule has 42 heavy (non-hydrogen) atoms. The van der Waals surface area contributed by atoms with Crippen molar-refractivity contribution in [2.24, 2.45) is 0 Å². The van der Waals surface area contributed by atoms with Gasteiger partial charge in [-0.3, -0.25) is 9.59 Å². The van der Waals surface area contributed by atoms with Crippen LogP contribution in [-0.4, -0.2) is 52.3 Å². The van der Waals surface area contributed by atoms with Gasteiger partial charge in [0.2, 0.25) is 5.91 Å². The summed E-state index contributed by atoms with van der Waals surface area (Å²) in [5, 5.41) is 6.90. The average Bonchev–Trinajstić information content (AvgIpc) is 3.41. The van der Waals surface area contributed by atoms with Crippen molar-refractivity contribution < 1.29 is 9.59 Å². The largest absolute Gasteiger partial charge is 0.360 e. The predicted octanol–water partition coefficient (Wildman–Crippen LogP) is 6.09. The third kappa shape index (κ3) is 6.97. The Labute approximate surface area is 245 Å². The van der Waals surface area contributed by atoms with Crippen LogP contribution in [0.5, 0.6) is 0 Å². The van der Waals surface area contributed by atoms with Crippen LogP contribution in [0.3, 0.4) is 0 Å². The fraction of sp³-hybridized carbons (Fsp3) is 0.176. The molecule has 0 radical (unpaired) electrons. The van der Waals surface area contributed by atoms with E-state index in [1.165, 1.54) is 6.08 Å². The lowest BCUT2D eigenvalue weighted by molar-refractivity contribution is -0.111. The van der Waals surface area contributed by atoms with Gasteiger partial charge in [-0.15, -0.1) is 0 Å². The second-order valence-corrected chi connectivity index (χ2v) is 10.3. The van der Waals surface area contributed by atoms with Crippen LogP contribution in [0.25, 0.3) is 22.2 Å². The molecule has 8 heteroatoms. The molecular formula is C34H34N6O2. The highest BCUT2D eigenvalue weighted by Crippen LogP contribution is 2.30. The van der Waals surface area contributed by atoms with Crippen LogP contribution in [0.15, 0.2) is 97.3 Å². The molecule has 0 spiro atoms. The van der Waals surface area contributed by atoms with Crippen molar-refractivity contribution in [2.45, 2.75) is 19.8 Å². The molecule has 5 rings (SSSR count). The van der Waals surface area contributed by atoms with Crippen LogP contribution < -0.4 is 10.6 Å². The van der Waals surface area contributed by atoms with E-state index in [0.29, 0.717) is 35.7 Å². The van der Waals surface area contributed by atoms with E-state index in [1.54, 1.807) is 30.3 Å². The number of H-pyrrole nitrogens is 1. The minimum Gasteiger partial charge on any atom is -0.360 e. The number of amides is 2. The fourth-order valence-electron chi connectivity index (χ4n) is 4.69. The third-order valence-corrected chi connectivity index (χ3v) is 6.84. The Balaban J connectivity index is 1.26. The summed E-state index contributed by atoms with van der Waals surface area (Å²) in [6.07, 6.45) is 8.58. The molecule has 8 nitrogen and oxygen atoms in total. The van der Waals surface area contributed by atoms with Gasteiger partial charge in [0.1, 0.15) is 5.82 Å². The number of para-hydroxylation sites is 1. The summed E-state index contributed by atoms with van der Waals surface area (Å²) < 4.78 is 0. The van der Waals surface area contributed by atoms with E-state index in [2.05, 4.69) is 39.7 Å². The lowest BCUT2D eigenvalue weighted by Crippen LogP contribution is -2.14. The van der Waals surface area contributed by atoms with Gasteiger partial charge in [-0.25, -0.2) is 9.97 Å². The Morgan fingerprint density at radius 1 is 0.952 bits per heavy atom. The number of hydrogen-bond acceptors (Lipinski definition) is 5. The Morgan fingerprint density at radius 3 is 2.55 bits per heavy atom. The SMILES string of the molecule is CCc1cnc(Cc2cccc(NC(=O)c3ccc(NC(=O)/C=C/CN(C)C)cc3)c2)nc1-c1c[nH]c2ccccc12. The minimum atomic E-state index is -0.235. The second kappa shape index (κ2) is 13.1. The first-order valence-electron chi connectivity index (χ1n) is 13.9. The Kier molecular flexibility index (Phi) is 8.84. The monoisotopic (exact) mass is 558 g/mol. The van der Waals surface area contributed by atoms with E-state index >= 15 is 0 Å². The van der Waals surface area contributed by atoms with E-state index in [0.717, 1.165) is 39.7 Å². The number of rotatable bonds is 10. The number of nitrogens with one attached hydrogen (secondary N) is 3. The Hall–Kier alpha value is -5.08. The zero-order chi connectivity index (χ0) is 29.5. The van der Waals surface area contributed by atoms with Gasteiger partial charge in [-0.05, 0) is 74.1 Å². The number of aromatic nitrogens is 3. The highest BCUT2D eigenvalue weighted by molar-refractivity contribution is 6.05. The molecule has 0 bridgehead atoms. The van der Waals surface area contributed by atoms with Crippen LogP contribution in [0, 0.1) is 0 Å². The van der Waals surface area contributed by atoms with Gasteiger partial charge in [-0.2, -0.15) is 0 Å².